The van der Waals surface area contributed by atoms with Crippen LogP contribution in [0.15, 0.2) is 23.1 Å². The molecule has 2 amide bonds. The van der Waals surface area contributed by atoms with Crippen molar-refractivity contribution >= 4 is 21.8 Å². The molecule has 1 aliphatic carbocycles. The molecule has 1 saturated carbocycles. The van der Waals surface area contributed by atoms with Crippen molar-refractivity contribution in [2.75, 3.05) is 19.7 Å². The van der Waals surface area contributed by atoms with Gasteiger partial charge in [-0.25, -0.2) is 12.7 Å². The highest BCUT2D eigenvalue weighted by Gasteiger charge is 2.43. The third-order valence-electron chi connectivity index (χ3n) is 5.39. The first kappa shape index (κ1) is 18.4. The SMILES string of the molecule is NC(CNC(=O)c1ccc2c(c1)S(=O)(=O)N(CC1CCCO1)C2=O)C1CC1. The van der Waals surface area contributed by atoms with Gasteiger partial charge in [-0.05, 0) is 49.8 Å². The summed E-state index contributed by atoms with van der Waals surface area (Å²) >= 11 is 0. The molecule has 2 unspecified atom stereocenters. The minimum atomic E-state index is -3.97. The number of sulfonamides is 1. The van der Waals surface area contributed by atoms with Gasteiger partial charge in [-0.3, -0.25) is 9.59 Å². The molecule has 2 fully saturated rings. The smallest absolute Gasteiger partial charge is 0.269 e. The monoisotopic (exact) mass is 393 g/mol. The zero-order chi connectivity index (χ0) is 19.2. The summed E-state index contributed by atoms with van der Waals surface area (Å²) in [4.78, 5) is 24.8. The number of nitrogens with two attached hydrogens (primary N) is 1. The summed E-state index contributed by atoms with van der Waals surface area (Å²) < 4.78 is 32.0. The fourth-order valence-corrected chi connectivity index (χ4v) is 5.20. The predicted octanol–water partition coefficient (Wildman–Crippen LogP) is 0.477. The molecule has 0 spiro atoms. The Morgan fingerprint density at radius 2 is 2.11 bits per heavy atom. The minimum Gasteiger partial charge on any atom is -0.376 e. The second kappa shape index (κ2) is 6.88. The van der Waals surface area contributed by atoms with Crippen LogP contribution in [0.25, 0.3) is 0 Å². The van der Waals surface area contributed by atoms with E-state index in [1.807, 2.05) is 0 Å². The Hall–Kier alpha value is -1.97. The largest absolute Gasteiger partial charge is 0.376 e. The van der Waals surface area contributed by atoms with Crippen LogP contribution < -0.4 is 11.1 Å². The van der Waals surface area contributed by atoms with Gasteiger partial charge in [-0.15, -0.1) is 0 Å². The second-order valence-electron chi connectivity index (χ2n) is 7.40. The van der Waals surface area contributed by atoms with Crippen LogP contribution in [0.3, 0.4) is 0 Å². The molecule has 9 heteroatoms. The summed E-state index contributed by atoms with van der Waals surface area (Å²) in [6, 6.07) is 4.06. The summed E-state index contributed by atoms with van der Waals surface area (Å²) in [6.07, 6.45) is 3.47. The van der Waals surface area contributed by atoms with Gasteiger partial charge in [0, 0.05) is 24.8 Å². The topological polar surface area (TPSA) is 119 Å². The summed E-state index contributed by atoms with van der Waals surface area (Å²) in [5.74, 6) is -0.507. The Labute approximate surface area is 158 Å². The third kappa shape index (κ3) is 3.46. The highest BCUT2D eigenvalue weighted by Crippen LogP contribution is 2.33. The number of amides is 2. The molecule has 146 valence electrons. The van der Waals surface area contributed by atoms with Crippen LogP contribution in [0, 0.1) is 5.92 Å². The standard InChI is InChI=1S/C18H23N3O5S/c19-15(11-3-4-11)9-20-17(22)12-5-6-14-16(8-12)27(24,25)21(18(14)23)10-13-2-1-7-26-13/h5-6,8,11,13,15H,1-4,7,9-10,19H2,(H,20,22). The molecule has 0 bridgehead atoms. The van der Waals surface area contributed by atoms with E-state index in [4.69, 9.17) is 10.5 Å². The van der Waals surface area contributed by atoms with Crippen LogP contribution in [0.1, 0.15) is 46.4 Å². The maximum atomic E-state index is 12.8. The second-order valence-corrected chi connectivity index (χ2v) is 9.23. The lowest BCUT2D eigenvalue weighted by Gasteiger charge is -2.18. The molecule has 0 radical (unpaired) electrons. The first-order valence-corrected chi connectivity index (χ1v) is 10.7. The van der Waals surface area contributed by atoms with Gasteiger partial charge >= 0.3 is 0 Å². The molecule has 0 aromatic heterocycles. The van der Waals surface area contributed by atoms with Gasteiger partial charge in [0.2, 0.25) is 0 Å². The van der Waals surface area contributed by atoms with Crippen LogP contribution in [0.4, 0.5) is 0 Å². The van der Waals surface area contributed by atoms with Crippen molar-refractivity contribution in [1.82, 2.24) is 9.62 Å². The van der Waals surface area contributed by atoms with Crippen molar-refractivity contribution in [3.8, 4) is 0 Å². The number of nitrogens with one attached hydrogen (secondary N) is 1. The highest BCUT2D eigenvalue weighted by atomic mass is 32.2. The number of hydrogen-bond acceptors (Lipinski definition) is 6. The zero-order valence-corrected chi connectivity index (χ0v) is 15.7. The molecule has 2 heterocycles. The third-order valence-corrected chi connectivity index (χ3v) is 7.18. The van der Waals surface area contributed by atoms with Crippen molar-refractivity contribution in [1.29, 1.82) is 0 Å². The van der Waals surface area contributed by atoms with E-state index in [0.717, 1.165) is 30.0 Å². The maximum Gasteiger partial charge on any atom is 0.269 e. The molecule has 3 aliphatic rings. The molecule has 27 heavy (non-hydrogen) atoms. The summed E-state index contributed by atoms with van der Waals surface area (Å²) in [7, 11) is -3.97. The number of nitrogens with zero attached hydrogens (tertiary/aromatic N) is 1. The Balaban J connectivity index is 1.52. The van der Waals surface area contributed by atoms with Crippen molar-refractivity contribution in [2.24, 2.45) is 11.7 Å². The van der Waals surface area contributed by atoms with E-state index in [1.54, 1.807) is 0 Å². The zero-order valence-electron chi connectivity index (χ0n) is 14.9. The van der Waals surface area contributed by atoms with Gasteiger partial charge in [0.15, 0.2) is 0 Å². The van der Waals surface area contributed by atoms with Crippen LogP contribution in [-0.4, -0.2) is 56.4 Å². The molecule has 4 rings (SSSR count). The minimum absolute atomic E-state index is 0.00756. The van der Waals surface area contributed by atoms with E-state index in [0.29, 0.717) is 19.1 Å². The summed E-state index contributed by atoms with van der Waals surface area (Å²) in [5.41, 5.74) is 6.28. The Bertz CT molecular complexity index is 875. The molecular weight excluding hydrogens is 370 g/mol. The van der Waals surface area contributed by atoms with Gasteiger partial charge < -0.3 is 15.8 Å². The quantitative estimate of drug-likeness (QED) is 0.725. The first-order chi connectivity index (χ1) is 12.9. The molecule has 1 aromatic rings. The lowest BCUT2D eigenvalue weighted by atomic mass is 10.1. The molecule has 1 aromatic carbocycles. The van der Waals surface area contributed by atoms with E-state index < -0.39 is 21.8 Å². The molecular formula is C18H23N3O5S. The Morgan fingerprint density at radius 3 is 2.78 bits per heavy atom. The fourth-order valence-electron chi connectivity index (χ4n) is 3.57. The molecule has 1 saturated heterocycles. The van der Waals surface area contributed by atoms with Crippen LogP contribution >= 0.6 is 0 Å². The van der Waals surface area contributed by atoms with E-state index in [1.165, 1.54) is 18.2 Å². The van der Waals surface area contributed by atoms with Crippen LogP contribution in [0.2, 0.25) is 0 Å². The van der Waals surface area contributed by atoms with Gasteiger partial charge in [-0.1, -0.05) is 0 Å². The summed E-state index contributed by atoms with van der Waals surface area (Å²) in [5, 5.41) is 2.74. The fraction of sp³-hybridized carbons (Fsp3) is 0.556. The van der Waals surface area contributed by atoms with E-state index >= 15 is 0 Å². The highest BCUT2D eigenvalue weighted by molar-refractivity contribution is 7.90. The van der Waals surface area contributed by atoms with Crippen molar-refractivity contribution in [3.05, 3.63) is 29.3 Å². The molecule has 2 aliphatic heterocycles. The Morgan fingerprint density at radius 1 is 1.33 bits per heavy atom. The van der Waals surface area contributed by atoms with Gasteiger partial charge in [-0.2, -0.15) is 0 Å². The first-order valence-electron chi connectivity index (χ1n) is 9.24. The number of carbonyl (C=O) groups is 2. The normalized spacial score (nSPS) is 24.7. The number of ether oxygens (including phenoxy) is 1. The number of hydrogen-bond donors (Lipinski definition) is 2. The van der Waals surface area contributed by atoms with E-state index in [-0.39, 0.29) is 34.7 Å². The van der Waals surface area contributed by atoms with Gasteiger partial charge in [0.05, 0.1) is 18.2 Å². The Kier molecular flexibility index (Phi) is 4.69. The number of rotatable bonds is 6. The lowest BCUT2D eigenvalue weighted by Crippen LogP contribution is -2.38. The molecule has 3 N–H and O–H groups in total. The average molecular weight is 393 g/mol. The van der Waals surface area contributed by atoms with Crippen molar-refractivity contribution in [2.45, 2.75) is 42.7 Å². The van der Waals surface area contributed by atoms with E-state index in [9.17, 15) is 18.0 Å². The van der Waals surface area contributed by atoms with Gasteiger partial charge in [0.1, 0.15) is 4.90 Å². The van der Waals surface area contributed by atoms with Crippen molar-refractivity contribution < 1.29 is 22.7 Å². The number of carbonyl (C=O) groups excluding carboxylic acids is 2. The van der Waals surface area contributed by atoms with Crippen LogP contribution in [-0.2, 0) is 14.8 Å². The lowest BCUT2D eigenvalue weighted by molar-refractivity contribution is 0.0707. The average Bonchev–Trinajstić information content (AvgIpc) is 3.35. The van der Waals surface area contributed by atoms with E-state index in [2.05, 4.69) is 5.32 Å². The predicted molar refractivity (Wildman–Crippen MR) is 96.7 cm³/mol. The summed E-state index contributed by atoms with van der Waals surface area (Å²) in [6.45, 7) is 0.929. The molecule has 2 atom stereocenters. The van der Waals surface area contributed by atoms with Crippen molar-refractivity contribution in [3.63, 3.8) is 0 Å². The maximum absolute atomic E-state index is 12.8. The number of fused-ring (bicyclic) bond motifs is 1. The number of benzene rings is 1. The molecule has 8 nitrogen and oxygen atoms in total. The van der Waals surface area contributed by atoms with Gasteiger partial charge in [0.25, 0.3) is 21.8 Å². The van der Waals surface area contributed by atoms with Crippen LogP contribution in [0.5, 0.6) is 0 Å².